The lowest BCUT2D eigenvalue weighted by molar-refractivity contribution is -0.00338. The maximum Gasteiger partial charge on any atom is 0.291 e. The van der Waals surface area contributed by atoms with Gasteiger partial charge in [-0.2, -0.15) is 0 Å². The standard InChI is InChI=1S/C19H23FN4O2/c1-21-16-10-22-18(23-11-16)19(25)24-7-6-17(26-2)14(12-24)8-13-4-3-5-15(20)9-13/h3-5,9-11,14,17,21H,6-8,12H2,1-2H3/t14-,17+/m1/s1. The molecule has 1 N–H and O–H groups in total. The first kappa shape index (κ1) is 18.3. The van der Waals surface area contributed by atoms with Gasteiger partial charge >= 0.3 is 0 Å². The number of benzene rings is 1. The Labute approximate surface area is 152 Å². The van der Waals surface area contributed by atoms with E-state index in [2.05, 4.69) is 15.3 Å². The van der Waals surface area contributed by atoms with Crippen LogP contribution in [0.25, 0.3) is 0 Å². The third-order valence-corrected chi connectivity index (χ3v) is 4.77. The summed E-state index contributed by atoms with van der Waals surface area (Å²) < 4.78 is 19.1. The van der Waals surface area contributed by atoms with Crippen LogP contribution in [0.15, 0.2) is 36.7 Å². The van der Waals surface area contributed by atoms with Crippen LogP contribution >= 0.6 is 0 Å². The van der Waals surface area contributed by atoms with E-state index in [-0.39, 0.29) is 29.6 Å². The van der Waals surface area contributed by atoms with Gasteiger partial charge < -0.3 is 15.0 Å². The highest BCUT2D eigenvalue weighted by Crippen LogP contribution is 2.25. The minimum absolute atomic E-state index is 0.0369. The fourth-order valence-corrected chi connectivity index (χ4v) is 3.38. The smallest absolute Gasteiger partial charge is 0.291 e. The van der Waals surface area contributed by atoms with Gasteiger partial charge in [0.2, 0.25) is 5.82 Å². The maximum absolute atomic E-state index is 13.5. The van der Waals surface area contributed by atoms with E-state index >= 15 is 0 Å². The quantitative estimate of drug-likeness (QED) is 0.889. The van der Waals surface area contributed by atoms with Crippen molar-refractivity contribution < 1.29 is 13.9 Å². The lowest BCUT2D eigenvalue weighted by atomic mass is 9.88. The van der Waals surface area contributed by atoms with E-state index in [1.165, 1.54) is 12.1 Å². The van der Waals surface area contributed by atoms with E-state index in [1.54, 1.807) is 37.5 Å². The molecule has 3 rings (SSSR count). The summed E-state index contributed by atoms with van der Waals surface area (Å²) in [6.07, 6.45) is 4.60. The lowest BCUT2D eigenvalue weighted by Crippen LogP contribution is -2.47. The number of halogens is 1. The Kier molecular flexibility index (Phi) is 5.78. The fraction of sp³-hybridized carbons (Fsp3) is 0.421. The molecular weight excluding hydrogens is 335 g/mol. The highest BCUT2D eigenvalue weighted by molar-refractivity contribution is 5.90. The molecule has 2 atom stereocenters. The van der Waals surface area contributed by atoms with E-state index in [9.17, 15) is 9.18 Å². The van der Waals surface area contributed by atoms with Gasteiger partial charge in [-0.15, -0.1) is 0 Å². The van der Waals surface area contributed by atoms with Crippen LogP contribution in [0.3, 0.4) is 0 Å². The first-order valence-corrected chi connectivity index (χ1v) is 8.67. The van der Waals surface area contributed by atoms with E-state index in [4.69, 9.17) is 4.74 Å². The molecule has 0 saturated carbocycles. The van der Waals surface area contributed by atoms with Gasteiger partial charge in [-0.25, -0.2) is 14.4 Å². The molecule has 0 spiro atoms. The summed E-state index contributed by atoms with van der Waals surface area (Å²) in [4.78, 5) is 22.8. The Morgan fingerprint density at radius 1 is 1.38 bits per heavy atom. The van der Waals surface area contributed by atoms with Crippen molar-refractivity contribution in [3.8, 4) is 0 Å². The summed E-state index contributed by atoms with van der Waals surface area (Å²) in [5, 5.41) is 2.93. The molecule has 1 aromatic carbocycles. The van der Waals surface area contributed by atoms with E-state index in [0.29, 0.717) is 19.5 Å². The summed E-state index contributed by atoms with van der Waals surface area (Å²) in [6.45, 7) is 1.12. The van der Waals surface area contributed by atoms with Gasteiger partial charge in [0.15, 0.2) is 0 Å². The van der Waals surface area contributed by atoms with Crippen molar-refractivity contribution in [2.45, 2.75) is 18.9 Å². The van der Waals surface area contributed by atoms with Crippen LogP contribution in [0.5, 0.6) is 0 Å². The molecule has 1 fully saturated rings. The average Bonchev–Trinajstić information content (AvgIpc) is 2.67. The third-order valence-electron chi connectivity index (χ3n) is 4.77. The molecule has 2 aromatic rings. The first-order valence-electron chi connectivity index (χ1n) is 8.67. The van der Waals surface area contributed by atoms with Gasteiger partial charge in [0.25, 0.3) is 5.91 Å². The number of ether oxygens (including phenoxy) is 1. The van der Waals surface area contributed by atoms with E-state index < -0.39 is 0 Å². The molecule has 1 amide bonds. The highest BCUT2D eigenvalue weighted by atomic mass is 19.1. The summed E-state index contributed by atoms with van der Waals surface area (Å²) in [7, 11) is 3.45. The molecule has 0 bridgehead atoms. The minimum atomic E-state index is -0.252. The Hall–Kier alpha value is -2.54. The predicted molar refractivity (Wildman–Crippen MR) is 96.5 cm³/mol. The number of rotatable bonds is 5. The number of carbonyl (C=O) groups excluding carboxylic acids is 1. The number of anilines is 1. The largest absolute Gasteiger partial charge is 0.386 e. The maximum atomic E-state index is 13.5. The predicted octanol–water partition coefficient (Wildman–Crippen LogP) is 2.38. The number of aromatic nitrogens is 2. The van der Waals surface area contributed by atoms with Gasteiger partial charge in [0.05, 0.1) is 24.2 Å². The zero-order valence-electron chi connectivity index (χ0n) is 15.0. The molecule has 2 heterocycles. The molecule has 1 aromatic heterocycles. The van der Waals surface area contributed by atoms with Crippen molar-refractivity contribution in [1.29, 1.82) is 0 Å². The van der Waals surface area contributed by atoms with Crippen molar-refractivity contribution in [3.63, 3.8) is 0 Å². The third kappa shape index (κ3) is 4.16. The number of amides is 1. The number of hydrogen-bond donors (Lipinski definition) is 1. The molecule has 7 heteroatoms. The number of carbonyl (C=O) groups is 1. The van der Waals surface area contributed by atoms with Crippen molar-refractivity contribution in [1.82, 2.24) is 14.9 Å². The van der Waals surface area contributed by atoms with Crippen molar-refractivity contribution in [2.75, 3.05) is 32.6 Å². The summed E-state index contributed by atoms with van der Waals surface area (Å²) >= 11 is 0. The SMILES string of the molecule is CNc1cnc(C(=O)N2CC[C@H](OC)[C@H](Cc3cccc(F)c3)C2)nc1. The average molecular weight is 358 g/mol. The Morgan fingerprint density at radius 3 is 2.81 bits per heavy atom. The normalized spacial score (nSPS) is 20.0. The topological polar surface area (TPSA) is 67.4 Å². The fourth-order valence-electron chi connectivity index (χ4n) is 3.38. The summed E-state index contributed by atoms with van der Waals surface area (Å²) in [5.41, 5.74) is 1.66. The molecule has 26 heavy (non-hydrogen) atoms. The van der Waals surface area contributed by atoms with Gasteiger partial charge in [-0.05, 0) is 30.5 Å². The molecule has 1 aliphatic heterocycles. The number of nitrogens with one attached hydrogen (secondary N) is 1. The summed E-state index contributed by atoms with van der Waals surface area (Å²) in [5.74, 6) is -0.162. The van der Waals surface area contributed by atoms with Gasteiger partial charge in [0, 0.05) is 33.2 Å². The van der Waals surface area contributed by atoms with Gasteiger partial charge in [0.1, 0.15) is 5.82 Å². The Bertz CT molecular complexity index is 753. The zero-order valence-corrected chi connectivity index (χ0v) is 15.0. The Morgan fingerprint density at radius 2 is 2.15 bits per heavy atom. The van der Waals surface area contributed by atoms with Crippen LogP contribution in [0, 0.1) is 11.7 Å². The van der Waals surface area contributed by atoms with Crippen molar-refractivity contribution in [2.24, 2.45) is 5.92 Å². The zero-order chi connectivity index (χ0) is 18.5. The van der Waals surface area contributed by atoms with E-state index in [1.807, 2.05) is 6.07 Å². The molecular formula is C19H23FN4O2. The second-order valence-electron chi connectivity index (χ2n) is 6.45. The highest BCUT2D eigenvalue weighted by Gasteiger charge is 2.32. The summed E-state index contributed by atoms with van der Waals surface area (Å²) in [6, 6.07) is 6.57. The molecule has 0 radical (unpaired) electrons. The van der Waals surface area contributed by atoms with E-state index in [0.717, 1.165) is 17.7 Å². The Balaban J connectivity index is 1.72. The van der Waals surface area contributed by atoms with Gasteiger partial charge in [-0.1, -0.05) is 12.1 Å². The number of piperidine rings is 1. The minimum Gasteiger partial charge on any atom is -0.386 e. The molecule has 6 nitrogen and oxygen atoms in total. The van der Waals surface area contributed by atoms with Crippen LogP contribution in [-0.2, 0) is 11.2 Å². The van der Waals surface area contributed by atoms with Crippen molar-refractivity contribution >= 4 is 11.6 Å². The second-order valence-corrected chi connectivity index (χ2v) is 6.45. The molecule has 1 saturated heterocycles. The first-order chi connectivity index (χ1) is 12.6. The monoisotopic (exact) mass is 358 g/mol. The number of methoxy groups -OCH3 is 1. The molecule has 1 aliphatic rings. The number of likely N-dealkylation sites (tertiary alicyclic amines) is 1. The van der Waals surface area contributed by atoms with Crippen LogP contribution in [-0.4, -0.2) is 54.1 Å². The molecule has 0 aliphatic carbocycles. The lowest BCUT2D eigenvalue weighted by Gasteiger charge is -2.37. The van der Waals surface area contributed by atoms with Gasteiger partial charge in [-0.3, -0.25) is 4.79 Å². The molecule has 138 valence electrons. The van der Waals surface area contributed by atoms with Crippen LogP contribution in [0.2, 0.25) is 0 Å². The number of hydrogen-bond acceptors (Lipinski definition) is 5. The van der Waals surface area contributed by atoms with Crippen LogP contribution in [0.4, 0.5) is 10.1 Å². The van der Waals surface area contributed by atoms with Crippen LogP contribution in [0.1, 0.15) is 22.6 Å². The molecule has 0 unspecified atom stereocenters. The van der Waals surface area contributed by atoms with Crippen molar-refractivity contribution in [3.05, 3.63) is 53.9 Å². The number of nitrogens with zero attached hydrogens (tertiary/aromatic N) is 3. The second kappa shape index (κ2) is 8.23. The van der Waals surface area contributed by atoms with Crippen LogP contribution < -0.4 is 5.32 Å².